The summed E-state index contributed by atoms with van der Waals surface area (Å²) in [6, 6.07) is 5.76. The van der Waals surface area contributed by atoms with Crippen LogP contribution < -0.4 is 22.1 Å². The van der Waals surface area contributed by atoms with Crippen molar-refractivity contribution in [2.45, 2.75) is 25.7 Å². The van der Waals surface area contributed by atoms with Crippen LogP contribution in [0.5, 0.6) is 0 Å². The Balaban J connectivity index is 1.45. The molecule has 0 aromatic heterocycles. The highest BCUT2D eigenvalue weighted by Gasteiger charge is 2.06. The van der Waals surface area contributed by atoms with E-state index < -0.39 is 5.97 Å². The predicted octanol–water partition coefficient (Wildman–Crippen LogP) is 2.30. The number of nitrogen functional groups attached to an aromatic ring is 1. The number of amides is 1. The van der Waals surface area contributed by atoms with E-state index in [4.69, 9.17) is 35.5 Å². The van der Waals surface area contributed by atoms with E-state index >= 15 is 0 Å². The number of anilines is 2. The van der Waals surface area contributed by atoms with Crippen LogP contribution in [0, 0.1) is 0 Å². The normalized spacial score (nSPS) is 13.8. The van der Waals surface area contributed by atoms with Crippen LogP contribution in [0.4, 0.5) is 11.4 Å². The van der Waals surface area contributed by atoms with Crippen LogP contribution in [-0.2, 0) is 28.5 Å². The molecule has 0 radical (unpaired) electrons. The minimum absolute atomic E-state index is 0.0109. The number of aliphatic carboxylic acids is 1. The number of rotatable bonds is 21. The molecule has 0 aliphatic heterocycles. The Hall–Kier alpha value is -3.38. The zero-order chi connectivity index (χ0) is 28.1. The fourth-order valence-electron chi connectivity index (χ4n) is 3.48. The lowest BCUT2D eigenvalue weighted by molar-refractivity contribution is -0.138. The molecule has 0 saturated heterocycles. The molecule has 0 unspecified atom stereocenters. The van der Waals surface area contributed by atoms with Crippen molar-refractivity contribution in [1.29, 1.82) is 0 Å². The summed E-state index contributed by atoms with van der Waals surface area (Å²) >= 11 is 0. The molecule has 1 aliphatic carbocycles. The van der Waals surface area contributed by atoms with Crippen LogP contribution >= 0.6 is 0 Å². The molecule has 39 heavy (non-hydrogen) atoms. The van der Waals surface area contributed by atoms with Gasteiger partial charge in [0.1, 0.15) is 0 Å². The summed E-state index contributed by atoms with van der Waals surface area (Å²) in [4.78, 5) is 22.4. The third-order valence-electron chi connectivity index (χ3n) is 5.52. The highest BCUT2D eigenvalue weighted by molar-refractivity contribution is 5.76. The Kier molecular flexibility index (Phi) is 16.0. The first-order valence-electron chi connectivity index (χ1n) is 13.2. The van der Waals surface area contributed by atoms with Crippen LogP contribution in [0.15, 0.2) is 47.7 Å². The molecule has 0 bridgehead atoms. The van der Waals surface area contributed by atoms with Crippen molar-refractivity contribution in [3.8, 4) is 0 Å². The summed E-state index contributed by atoms with van der Waals surface area (Å²) in [6.07, 6.45) is 9.87. The van der Waals surface area contributed by atoms with Gasteiger partial charge in [0, 0.05) is 36.6 Å². The third kappa shape index (κ3) is 15.6. The summed E-state index contributed by atoms with van der Waals surface area (Å²) in [5.74, 6) is -0.902. The Bertz CT molecular complexity index is 979. The lowest BCUT2D eigenvalue weighted by atomic mass is 10.0. The first kappa shape index (κ1) is 31.8. The van der Waals surface area contributed by atoms with Gasteiger partial charge in [-0.1, -0.05) is 18.2 Å². The van der Waals surface area contributed by atoms with Crippen molar-refractivity contribution in [2.75, 3.05) is 77.0 Å². The van der Waals surface area contributed by atoms with E-state index in [9.17, 15) is 9.59 Å². The van der Waals surface area contributed by atoms with E-state index in [1.54, 1.807) is 0 Å². The number of nitrogens with one attached hydrogen (secondary N) is 2. The van der Waals surface area contributed by atoms with Crippen molar-refractivity contribution < 1.29 is 33.6 Å². The number of carbonyl (C=O) groups excluding carboxylic acids is 1. The first-order chi connectivity index (χ1) is 18.9. The minimum atomic E-state index is -0.881. The zero-order valence-electron chi connectivity index (χ0n) is 22.5. The molecule has 0 heterocycles. The van der Waals surface area contributed by atoms with Gasteiger partial charge in [-0.2, -0.15) is 0 Å². The quantitative estimate of drug-likeness (QED) is 0.114. The van der Waals surface area contributed by atoms with Crippen molar-refractivity contribution in [1.82, 2.24) is 5.32 Å². The van der Waals surface area contributed by atoms with Gasteiger partial charge in [0.05, 0.1) is 59.3 Å². The number of ether oxygens (including phenoxy) is 4. The average molecular weight is 547 g/mol. The van der Waals surface area contributed by atoms with Gasteiger partial charge in [0.25, 0.3) is 0 Å². The Morgan fingerprint density at radius 3 is 2.18 bits per heavy atom. The van der Waals surface area contributed by atoms with Crippen LogP contribution in [0.25, 0.3) is 6.08 Å². The smallest absolute Gasteiger partial charge is 0.305 e. The minimum Gasteiger partial charge on any atom is -0.481 e. The molecule has 11 heteroatoms. The van der Waals surface area contributed by atoms with Gasteiger partial charge in [-0.15, -0.1) is 0 Å². The number of allylic oxidation sites excluding steroid dienone is 4. The van der Waals surface area contributed by atoms with Crippen molar-refractivity contribution in [2.24, 2.45) is 5.73 Å². The molecule has 216 valence electrons. The number of carboxylic acid groups (broad SMARTS) is 1. The molecule has 2 rings (SSSR count). The number of nitrogens with two attached hydrogens (primary N) is 2. The van der Waals surface area contributed by atoms with E-state index in [-0.39, 0.29) is 18.9 Å². The van der Waals surface area contributed by atoms with Gasteiger partial charge < -0.3 is 46.2 Å². The molecule has 1 aromatic carbocycles. The largest absolute Gasteiger partial charge is 0.481 e. The van der Waals surface area contributed by atoms with Gasteiger partial charge in [0.15, 0.2) is 0 Å². The van der Waals surface area contributed by atoms with Crippen LogP contribution in [-0.4, -0.2) is 82.9 Å². The molecule has 0 atom stereocenters. The van der Waals surface area contributed by atoms with Gasteiger partial charge in [-0.05, 0) is 48.3 Å². The first-order valence-corrected chi connectivity index (χ1v) is 13.2. The molecule has 7 N–H and O–H groups in total. The van der Waals surface area contributed by atoms with Gasteiger partial charge in [-0.25, -0.2) is 0 Å². The second-order valence-electron chi connectivity index (χ2n) is 8.78. The maximum absolute atomic E-state index is 12.1. The number of benzene rings is 1. The number of carbonyl (C=O) groups is 2. The van der Waals surface area contributed by atoms with Crippen molar-refractivity contribution in [3.63, 3.8) is 0 Å². The van der Waals surface area contributed by atoms with E-state index in [1.807, 2.05) is 36.4 Å². The summed E-state index contributed by atoms with van der Waals surface area (Å²) < 4.78 is 21.3. The third-order valence-corrected chi connectivity index (χ3v) is 5.52. The van der Waals surface area contributed by atoms with Crippen molar-refractivity contribution in [3.05, 3.63) is 53.3 Å². The fraction of sp³-hybridized carbons (Fsp3) is 0.500. The van der Waals surface area contributed by atoms with E-state index in [0.29, 0.717) is 77.9 Å². The van der Waals surface area contributed by atoms with Crippen LogP contribution in [0.2, 0.25) is 0 Å². The van der Waals surface area contributed by atoms with Gasteiger partial charge >= 0.3 is 5.97 Å². The topological polar surface area (TPSA) is 167 Å². The molecule has 1 amide bonds. The van der Waals surface area contributed by atoms with Gasteiger partial charge in [0.2, 0.25) is 5.91 Å². The molecular formula is C28H42N4O7. The van der Waals surface area contributed by atoms with Gasteiger partial charge in [-0.3, -0.25) is 9.59 Å². The van der Waals surface area contributed by atoms with E-state index in [1.165, 1.54) is 0 Å². The molecule has 0 saturated carbocycles. The molecule has 1 aromatic rings. The summed E-state index contributed by atoms with van der Waals surface area (Å²) in [6.45, 7) is 4.14. The predicted molar refractivity (Wildman–Crippen MR) is 151 cm³/mol. The highest BCUT2D eigenvalue weighted by Crippen LogP contribution is 2.24. The Morgan fingerprint density at radius 2 is 1.54 bits per heavy atom. The maximum Gasteiger partial charge on any atom is 0.305 e. The van der Waals surface area contributed by atoms with Crippen molar-refractivity contribution >= 4 is 29.3 Å². The summed E-state index contributed by atoms with van der Waals surface area (Å²) in [5.41, 5.74) is 16.4. The zero-order valence-corrected chi connectivity index (χ0v) is 22.5. The second-order valence-corrected chi connectivity index (χ2v) is 8.78. The molecule has 11 nitrogen and oxygen atoms in total. The molecular weight excluding hydrogens is 504 g/mol. The average Bonchev–Trinajstić information content (AvgIpc) is 2.91. The van der Waals surface area contributed by atoms with Crippen LogP contribution in [0.1, 0.15) is 31.2 Å². The van der Waals surface area contributed by atoms with E-state index in [2.05, 4.69) is 16.7 Å². The summed E-state index contributed by atoms with van der Waals surface area (Å²) in [5, 5.41) is 14.7. The molecule has 0 fully saturated rings. The second kappa shape index (κ2) is 19.7. The Morgan fingerprint density at radius 1 is 0.872 bits per heavy atom. The fourth-order valence-corrected chi connectivity index (χ4v) is 3.48. The maximum atomic E-state index is 12.1. The molecule has 0 spiro atoms. The number of hydrogen-bond acceptors (Lipinski definition) is 9. The lowest BCUT2D eigenvalue weighted by Gasteiger charge is -2.13. The Labute approximate surface area is 230 Å². The molecule has 1 aliphatic rings. The monoisotopic (exact) mass is 546 g/mol. The van der Waals surface area contributed by atoms with E-state index in [0.717, 1.165) is 28.9 Å². The number of hydrogen-bond donors (Lipinski definition) is 5. The SMILES string of the molecule is NC1=CC/C(=C\c2ccc(N)cc2NCCCC(=O)NCCOCCOCCOCCOCCC(=O)O)C=C1. The lowest BCUT2D eigenvalue weighted by Crippen LogP contribution is -2.27. The number of carboxylic acids is 1. The highest BCUT2D eigenvalue weighted by atomic mass is 16.6. The summed E-state index contributed by atoms with van der Waals surface area (Å²) in [7, 11) is 0. The van der Waals surface area contributed by atoms with Crippen LogP contribution in [0.3, 0.4) is 0 Å². The standard InChI is InChI=1S/C28H42N4O7/c29-24-6-3-22(4-7-24)20-23-5-8-25(30)21-26(23)31-10-1-2-27(33)32-11-13-37-15-17-39-19-18-38-16-14-36-12-9-28(34)35/h3,5-8,20-21,31H,1-2,4,9-19,29-30H2,(H,32,33)(H,34,35)/b22-20-.